The molecule has 5 rings (SSSR count). The second kappa shape index (κ2) is 7.91. The van der Waals surface area contributed by atoms with Crippen LogP contribution >= 0.6 is 0 Å². The number of rotatable bonds is 4. The van der Waals surface area contributed by atoms with Gasteiger partial charge in [-0.2, -0.15) is 18.3 Å². The summed E-state index contributed by atoms with van der Waals surface area (Å²) in [4.78, 5) is 13.0. The number of hydrogen-bond acceptors (Lipinski definition) is 6. The molecule has 0 radical (unpaired) electrons. The zero-order valence-corrected chi connectivity index (χ0v) is 17.3. The van der Waals surface area contributed by atoms with Gasteiger partial charge < -0.3 is 24.8 Å². The normalized spacial score (nSPS) is 18.9. The van der Waals surface area contributed by atoms with Crippen LogP contribution in [-0.4, -0.2) is 35.8 Å². The molecule has 2 aliphatic heterocycles. The molecule has 0 unspecified atom stereocenters. The predicted molar refractivity (Wildman–Crippen MR) is 112 cm³/mol. The number of benzene rings is 2. The third kappa shape index (κ3) is 3.90. The summed E-state index contributed by atoms with van der Waals surface area (Å²) in [5, 5.41) is 9.64. The van der Waals surface area contributed by atoms with Crippen molar-refractivity contribution in [2.24, 2.45) is 0 Å². The van der Waals surface area contributed by atoms with E-state index in [0.717, 1.165) is 10.9 Å². The Balaban J connectivity index is 1.47. The molecule has 0 saturated carbocycles. The first-order valence-electron chi connectivity index (χ1n) is 10.1. The largest absolute Gasteiger partial charge is 0.497 e. The summed E-state index contributed by atoms with van der Waals surface area (Å²) in [6.45, 7) is 0.0814. The molecule has 172 valence electrons. The standard InChI is InChI=1S/C22H19F3N4O4/c1-31-14-4-2-3-12(7-14)16-9-19(22(23,24)25)29-20(28-16)15(10-26-29)21(30)27-13-5-6-17-18(8-13)33-11-32-17/h2-8,10,16,19,28H,9,11H2,1H3,(H,27,30)/t16-,19-/m0/s1. The molecule has 0 saturated heterocycles. The van der Waals surface area contributed by atoms with Crippen LogP contribution in [0.5, 0.6) is 17.2 Å². The van der Waals surface area contributed by atoms with Gasteiger partial charge in [0.2, 0.25) is 6.79 Å². The number of aromatic nitrogens is 2. The van der Waals surface area contributed by atoms with Crippen molar-refractivity contribution in [3.05, 3.63) is 59.8 Å². The van der Waals surface area contributed by atoms with E-state index in [2.05, 4.69) is 15.7 Å². The minimum Gasteiger partial charge on any atom is -0.497 e. The minimum atomic E-state index is -4.55. The summed E-state index contributed by atoms with van der Waals surface area (Å²) in [5.74, 6) is 0.937. The highest BCUT2D eigenvalue weighted by Gasteiger charge is 2.47. The predicted octanol–water partition coefficient (Wildman–Crippen LogP) is 4.53. The van der Waals surface area contributed by atoms with Crippen LogP contribution in [0.3, 0.4) is 0 Å². The Morgan fingerprint density at radius 3 is 2.82 bits per heavy atom. The molecule has 2 N–H and O–H groups in total. The number of alkyl halides is 3. The third-order valence-electron chi connectivity index (χ3n) is 5.61. The van der Waals surface area contributed by atoms with Crippen LogP contribution in [0.4, 0.5) is 24.7 Å². The van der Waals surface area contributed by atoms with E-state index in [0.29, 0.717) is 28.5 Å². The van der Waals surface area contributed by atoms with Gasteiger partial charge in [-0.05, 0) is 29.8 Å². The molecule has 33 heavy (non-hydrogen) atoms. The van der Waals surface area contributed by atoms with Gasteiger partial charge in [-0.1, -0.05) is 12.1 Å². The maximum atomic E-state index is 13.9. The van der Waals surface area contributed by atoms with E-state index in [1.165, 1.54) is 7.11 Å². The molecule has 1 aromatic heterocycles. The summed E-state index contributed by atoms with van der Waals surface area (Å²) in [7, 11) is 1.49. The number of anilines is 2. The lowest BCUT2D eigenvalue weighted by atomic mass is 9.96. The number of halogens is 3. The zero-order chi connectivity index (χ0) is 23.2. The molecule has 0 spiro atoms. The molecule has 8 nitrogen and oxygen atoms in total. The van der Waals surface area contributed by atoms with Crippen molar-refractivity contribution in [3.63, 3.8) is 0 Å². The Kier molecular flexibility index (Phi) is 5.03. The first-order chi connectivity index (χ1) is 15.8. The Bertz CT molecular complexity index is 1210. The van der Waals surface area contributed by atoms with Crippen molar-refractivity contribution < 1.29 is 32.2 Å². The third-order valence-corrected chi connectivity index (χ3v) is 5.61. The molecule has 0 aliphatic carbocycles. The number of nitrogens with one attached hydrogen (secondary N) is 2. The number of hydrogen-bond donors (Lipinski definition) is 2. The van der Waals surface area contributed by atoms with Crippen LogP contribution in [-0.2, 0) is 0 Å². The molecule has 3 heterocycles. The number of fused-ring (bicyclic) bond motifs is 2. The molecule has 2 aliphatic rings. The van der Waals surface area contributed by atoms with Crippen LogP contribution in [0.25, 0.3) is 0 Å². The summed E-state index contributed by atoms with van der Waals surface area (Å²) in [5.41, 5.74) is 1.02. The Labute approximate surface area is 186 Å². The fourth-order valence-electron chi connectivity index (χ4n) is 3.98. The maximum absolute atomic E-state index is 13.9. The number of carbonyl (C=O) groups excluding carboxylic acids is 1. The summed E-state index contributed by atoms with van der Waals surface area (Å²) in [6.07, 6.45) is -3.70. The highest BCUT2D eigenvalue weighted by atomic mass is 19.4. The Morgan fingerprint density at radius 2 is 2.03 bits per heavy atom. The zero-order valence-electron chi connectivity index (χ0n) is 17.3. The van der Waals surface area contributed by atoms with E-state index < -0.39 is 24.2 Å². The van der Waals surface area contributed by atoms with Gasteiger partial charge in [-0.3, -0.25) is 4.79 Å². The molecule has 2 aromatic carbocycles. The van der Waals surface area contributed by atoms with E-state index in [4.69, 9.17) is 14.2 Å². The second-order valence-electron chi connectivity index (χ2n) is 7.64. The molecule has 0 fully saturated rings. The average Bonchev–Trinajstić information content (AvgIpc) is 3.44. The number of carbonyl (C=O) groups is 1. The lowest BCUT2D eigenvalue weighted by Crippen LogP contribution is -2.36. The highest BCUT2D eigenvalue weighted by molar-refractivity contribution is 6.07. The van der Waals surface area contributed by atoms with E-state index in [1.54, 1.807) is 42.5 Å². The van der Waals surface area contributed by atoms with Crippen molar-refractivity contribution in [1.29, 1.82) is 0 Å². The molecule has 3 aromatic rings. The highest BCUT2D eigenvalue weighted by Crippen LogP contribution is 2.45. The molecular weight excluding hydrogens is 441 g/mol. The number of ether oxygens (including phenoxy) is 3. The topological polar surface area (TPSA) is 86.6 Å². The van der Waals surface area contributed by atoms with Crippen LogP contribution in [0, 0.1) is 0 Å². The van der Waals surface area contributed by atoms with Gasteiger partial charge in [0.05, 0.1) is 19.3 Å². The van der Waals surface area contributed by atoms with Gasteiger partial charge in [-0.25, -0.2) is 4.68 Å². The molecular formula is C22H19F3N4O4. The van der Waals surface area contributed by atoms with Gasteiger partial charge >= 0.3 is 6.18 Å². The van der Waals surface area contributed by atoms with Crippen molar-refractivity contribution in [3.8, 4) is 17.2 Å². The van der Waals surface area contributed by atoms with Crippen LogP contribution in [0.2, 0.25) is 0 Å². The monoisotopic (exact) mass is 460 g/mol. The quantitative estimate of drug-likeness (QED) is 0.595. The second-order valence-corrected chi connectivity index (χ2v) is 7.64. The van der Waals surface area contributed by atoms with Crippen molar-refractivity contribution >= 4 is 17.4 Å². The lowest BCUT2D eigenvalue weighted by molar-refractivity contribution is -0.173. The first-order valence-corrected chi connectivity index (χ1v) is 10.1. The van der Waals surface area contributed by atoms with Crippen LogP contribution in [0.1, 0.15) is 34.4 Å². The molecule has 0 bridgehead atoms. The van der Waals surface area contributed by atoms with Gasteiger partial charge in [0.15, 0.2) is 17.5 Å². The minimum absolute atomic E-state index is 0.00496. The Hall–Kier alpha value is -3.89. The smallest absolute Gasteiger partial charge is 0.410 e. The Morgan fingerprint density at radius 1 is 1.21 bits per heavy atom. The lowest BCUT2D eigenvalue weighted by Gasteiger charge is -2.34. The van der Waals surface area contributed by atoms with Gasteiger partial charge in [0.25, 0.3) is 5.91 Å². The summed E-state index contributed by atoms with van der Waals surface area (Å²) >= 11 is 0. The van der Waals surface area contributed by atoms with Crippen LogP contribution < -0.4 is 24.8 Å². The summed E-state index contributed by atoms with van der Waals surface area (Å²) in [6, 6.07) is 9.05. The molecule has 1 amide bonds. The van der Waals surface area contributed by atoms with Crippen molar-refractivity contribution in [2.75, 3.05) is 24.5 Å². The van der Waals surface area contributed by atoms with Gasteiger partial charge in [0.1, 0.15) is 17.1 Å². The van der Waals surface area contributed by atoms with Gasteiger partial charge in [-0.15, -0.1) is 0 Å². The van der Waals surface area contributed by atoms with Crippen molar-refractivity contribution in [2.45, 2.75) is 24.7 Å². The fourth-order valence-corrected chi connectivity index (χ4v) is 3.98. The number of methoxy groups -OCH3 is 1. The number of nitrogens with zero attached hydrogens (tertiary/aromatic N) is 2. The fraction of sp³-hybridized carbons (Fsp3) is 0.273. The number of amides is 1. The van der Waals surface area contributed by atoms with Crippen molar-refractivity contribution in [1.82, 2.24) is 9.78 Å². The molecule has 11 heteroatoms. The van der Waals surface area contributed by atoms with E-state index >= 15 is 0 Å². The van der Waals surface area contributed by atoms with Gasteiger partial charge in [0, 0.05) is 18.2 Å². The SMILES string of the molecule is COc1cccc([C@@H]2C[C@@H](C(F)(F)F)n3ncc(C(=O)Nc4ccc5c(c4)OCO5)c3N2)c1. The van der Waals surface area contributed by atoms with E-state index in [1.807, 2.05) is 0 Å². The van der Waals surface area contributed by atoms with Crippen LogP contribution in [0.15, 0.2) is 48.7 Å². The summed E-state index contributed by atoms with van der Waals surface area (Å²) < 4.78 is 58.3. The van der Waals surface area contributed by atoms with E-state index in [-0.39, 0.29) is 24.6 Å². The maximum Gasteiger partial charge on any atom is 0.410 e. The first kappa shape index (κ1) is 21.0. The van der Waals surface area contributed by atoms with E-state index in [9.17, 15) is 18.0 Å². The molecule has 2 atom stereocenters. The average molecular weight is 460 g/mol.